The Kier molecular flexibility index (Phi) is 109. The van der Waals surface area contributed by atoms with Gasteiger partial charge in [0.05, 0.1) is 0 Å². The molecule has 0 aromatic carbocycles. The van der Waals surface area contributed by atoms with Crippen LogP contribution in [0, 0.1) is 0 Å². The molecule has 4 heavy (non-hydrogen) atoms. The molecule has 17 valence electrons. The van der Waals surface area contributed by atoms with Gasteiger partial charge in [0.15, 0.2) is 0 Å². The molecule has 0 atom stereocenters. The average molecular weight is 101 g/mol. The Balaban J connectivity index is -0.00000000500. The van der Waals surface area contributed by atoms with Gasteiger partial charge in [-0.25, -0.2) is 0 Å². The molecule has 0 rings (SSSR count). The normalized spacial score (nSPS) is 2.00. The summed E-state index contributed by atoms with van der Waals surface area (Å²) in [4.78, 5) is 0. The van der Waals surface area contributed by atoms with Gasteiger partial charge in [0.25, 0.3) is 0 Å². The van der Waals surface area contributed by atoms with Crippen molar-refractivity contribution in [1.29, 1.82) is 0 Å². The van der Waals surface area contributed by atoms with Crippen molar-refractivity contribution in [2.24, 2.45) is 0 Å². The van der Waals surface area contributed by atoms with Gasteiger partial charge in [-0.2, -0.15) is 0 Å². The molecule has 0 amide bonds. The Morgan fingerprint density at radius 1 is 1.25 bits per heavy atom. The van der Waals surface area contributed by atoms with E-state index in [1.165, 1.54) is 19.5 Å². The van der Waals surface area contributed by atoms with Crippen LogP contribution >= 0.6 is 0 Å². The summed E-state index contributed by atoms with van der Waals surface area (Å²) in [5.41, 5.74) is 0. The van der Waals surface area contributed by atoms with Crippen molar-refractivity contribution in [2.75, 3.05) is 0 Å². The van der Waals surface area contributed by atoms with E-state index in [1.807, 2.05) is 0 Å². The van der Waals surface area contributed by atoms with Gasteiger partial charge in [-0.05, 0) is 0 Å². The van der Waals surface area contributed by atoms with E-state index < -0.39 is 0 Å². The molecule has 0 fully saturated rings. The quantitative estimate of drug-likeness (QED) is 0.352. The minimum Gasteiger partial charge on any atom is -0.870 e. The minimum atomic E-state index is 0. The van der Waals surface area contributed by atoms with Crippen LogP contribution in [-0.4, -0.2) is 33.9 Å². The van der Waals surface area contributed by atoms with Crippen LogP contribution in [0.1, 0.15) is 0 Å². The van der Waals surface area contributed by atoms with E-state index in [0.717, 1.165) is 0 Å². The first-order valence-electron chi connectivity index (χ1n) is 0.289. The monoisotopic (exact) mass is 101 g/mol. The zero-order chi connectivity index (χ0) is 2.00. The summed E-state index contributed by atoms with van der Waals surface area (Å²) in [5, 5.41) is 4.50. The van der Waals surface area contributed by atoms with Crippen molar-refractivity contribution in [3.05, 3.63) is 0 Å². The maximum absolute atomic E-state index is 4.50. The van der Waals surface area contributed by atoms with Gasteiger partial charge in [-0.1, -0.05) is 0 Å². The van der Waals surface area contributed by atoms with Crippen molar-refractivity contribution >= 4 is 28.4 Å². The second kappa shape index (κ2) is 24.4. The topological polar surface area (TPSA) is 30.0 Å². The Hall–Kier alpha value is 1.51. The molecule has 0 unspecified atom stereocenters. The Labute approximate surface area is 53.2 Å². The van der Waals surface area contributed by atoms with Crippen LogP contribution in [0.15, 0.2) is 0 Å². The molecule has 4 heteroatoms. The number of hydrogen-bond acceptors (Lipinski definition) is 1. The molecular formula is H2BMgOTi. The second-order valence-electron chi connectivity index (χ2n) is 0. The maximum Gasteiger partial charge on any atom is -0.870 e. The molecule has 1 N–H and O–H groups in total. The fourth-order valence-corrected chi connectivity index (χ4v) is 0. The van der Waals surface area contributed by atoms with Crippen molar-refractivity contribution in [3.8, 4) is 0 Å². The molecule has 0 aliphatic carbocycles. The smallest absolute Gasteiger partial charge is 0.870 e. The van der Waals surface area contributed by atoms with Crippen LogP contribution in [0.25, 0.3) is 0 Å². The standard InChI is InChI=1S/B.Mg.H2O.Ti.H/h;;1H2;;/q;+1;;;/p-1. The number of hydrogen-bond donors (Lipinski definition) is 0. The first-order valence-corrected chi connectivity index (χ1v) is 1.19. The van der Waals surface area contributed by atoms with Crippen LogP contribution in [0.4, 0.5) is 0 Å². The summed E-state index contributed by atoms with van der Waals surface area (Å²) in [5.74, 6) is 0. The summed E-state index contributed by atoms with van der Waals surface area (Å²) in [6.07, 6.45) is 0. The maximum atomic E-state index is 4.50. The molecule has 1 nitrogen and oxygen atoms in total. The molecule has 0 radical (unpaired) electrons. The third-order valence-electron chi connectivity index (χ3n) is 0. The molecule has 0 bridgehead atoms. The largest absolute Gasteiger partial charge is 0.870 e. The van der Waals surface area contributed by atoms with Gasteiger partial charge in [0.1, 0.15) is 0 Å². The molecule has 0 aromatic rings. The van der Waals surface area contributed by atoms with E-state index in [9.17, 15) is 0 Å². The van der Waals surface area contributed by atoms with E-state index in [4.69, 9.17) is 0 Å². The van der Waals surface area contributed by atoms with Gasteiger partial charge in [-0.15, -0.1) is 0 Å². The summed E-state index contributed by atoms with van der Waals surface area (Å²) < 4.78 is 0. The van der Waals surface area contributed by atoms with Crippen molar-refractivity contribution in [3.63, 3.8) is 0 Å². The third-order valence-corrected chi connectivity index (χ3v) is 0. The van der Waals surface area contributed by atoms with Crippen LogP contribution in [0.5, 0.6) is 0 Å². The fourth-order valence-electron chi connectivity index (χ4n) is 0. The van der Waals surface area contributed by atoms with E-state index in [2.05, 4.69) is 5.38 Å². The van der Waals surface area contributed by atoms with Crippen molar-refractivity contribution in [1.82, 2.24) is 0 Å². The molecule has 0 saturated heterocycles. The predicted molar refractivity (Wildman–Crippen MR) is 14.8 cm³/mol. The van der Waals surface area contributed by atoms with Gasteiger partial charge in [-0.3, -0.25) is 0 Å². The van der Waals surface area contributed by atoms with Crippen LogP contribution < -0.4 is 0 Å². The van der Waals surface area contributed by atoms with Crippen molar-refractivity contribution in [2.45, 2.75) is 0 Å². The number of rotatable bonds is 0. The van der Waals surface area contributed by atoms with Crippen LogP contribution in [-0.2, 0) is 19.5 Å². The van der Waals surface area contributed by atoms with Crippen LogP contribution in [0.2, 0.25) is 0 Å². The van der Waals surface area contributed by atoms with Crippen molar-refractivity contribution < 1.29 is 25.0 Å². The van der Waals surface area contributed by atoms with Gasteiger partial charge in [0, 0.05) is 0 Å². The first kappa shape index (κ1) is 17.8. The van der Waals surface area contributed by atoms with Gasteiger partial charge in [0.2, 0.25) is 0 Å². The molecule has 0 saturated carbocycles. The van der Waals surface area contributed by atoms with E-state index >= 15 is 0 Å². The SMILES string of the molecule is [B]#[Ti].[MgH+].[OH-]. The molecule has 0 aromatic heterocycles. The molecule has 0 aliphatic heterocycles. The summed E-state index contributed by atoms with van der Waals surface area (Å²) in [6, 6.07) is 0. The zero-order valence-electron chi connectivity index (χ0n) is 2.52. The predicted octanol–water partition coefficient (Wildman–Crippen LogP) is -1.21. The van der Waals surface area contributed by atoms with Crippen LogP contribution in [0.3, 0.4) is 0 Å². The third kappa shape index (κ3) is 9.71. The first-order chi connectivity index (χ1) is 1.00. The minimum absolute atomic E-state index is 0. The molecule has 0 aliphatic rings. The summed E-state index contributed by atoms with van der Waals surface area (Å²) >= 11 is 1.50. The van der Waals surface area contributed by atoms with E-state index in [0.29, 0.717) is 0 Å². The van der Waals surface area contributed by atoms with E-state index in [-0.39, 0.29) is 28.5 Å². The van der Waals surface area contributed by atoms with E-state index in [1.54, 1.807) is 0 Å². The molecule has 0 spiro atoms. The summed E-state index contributed by atoms with van der Waals surface area (Å²) in [6.45, 7) is 0. The Bertz CT molecular complexity index is 12.8. The summed E-state index contributed by atoms with van der Waals surface area (Å²) in [7, 11) is 0. The second-order valence-corrected chi connectivity index (χ2v) is 0. The Morgan fingerprint density at radius 3 is 1.25 bits per heavy atom. The molecule has 0 heterocycles. The molecular weight excluding hydrogens is 99.0 g/mol. The fraction of sp³-hybridized carbons (Fsp3) is 0. The van der Waals surface area contributed by atoms with Gasteiger partial charge < -0.3 is 5.48 Å². The zero-order valence-corrected chi connectivity index (χ0v) is 6.09. The van der Waals surface area contributed by atoms with Gasteiger partial charge >= 0.3 is 48.0 Å². The average Bonchev–Trinajstić information content (AvgIpc) is 1.00. The Morgan fingerprint density at radius 2 is 1.25 bits per heavy atom.